The Labute approximate surface area is 137 Å². The number of benzene rings is 1. The van der Waals surface area contributed by atoms with Crippen LogP contribution in [0.2, 0.25) is 0 Å². The summed E-state index contributed by atoms with van der Waals surface area (Å²) in [5.74, 6) is 0. The van der Waals surface area contributed by atoms with Gasteiger partial charge in [0.25, 0.3) is 0 Å². The molecule has 2 heterocycles. The summed E-state index contributed by atoms with van der Waals surface area (Å²) in [6, 6.07) is 8.45. The van der Waals surface area contributed by atoms with Crippen LogP contribution in [0.5, 0.6) is 0 Å². The molecule has 0 saturated carbocycles. The molecule has 2 saturated heterocycles. The molecule has 2 aliphatic rings. The molecule has 3 rings (SSSR count). The van der Waals surface area contributed by atoms with Gasteiger partial charge in [0, 0.05) is 25.3 Å². The van der Waals surface area contributed by atoms with Gasteiger partial charge in [-0.25, -0.2) is 4.79 Å². The molecule has 5 nitrogen and oxygen atoms in total. The number of aliphatic hydroxyl groups is 1. The highest BCUT2D eigenvalue weighted by Crippen LogP contribution is 2.35. The van der Waals surface area contributed by atoms with Crippen LogP contribution in [0.1, 0.15) is 45.2 Å². The number of aliphatic hydroxyl groups excluding tert-OH is 1. The van der Waals surface area contributed by atoms with Crippen molar-refractivity contribution in [3.05, 3.63) is 29.8 Å². The summed E-state index contributed by atoms with van der Waals surface area (Å²) in [6.45, 7) is 8.01. The standard InChI is InChI=1S/C18H26N2O3/c1-18(2,3)23-17(22)20-11-9-16(20)13-4-6-14(7-5-13)19-10-8-15(21)12-19/h4-7,15-16,21H,8-12H2,1-3H3. The van der Waals surface area contributed by atoms with Gasteiger partial charge in [0.15, 0.2) is 0 Å². The van der Waals surface area contributed by atoms with Crippen molar-refractivity contribution in [2.75, 3.05) is 24.5 Å². The van der Waals surface area contributed by atoms with Gasteiger partial charge >= 0.3 is 6.09 Å². The Morgan fingerprint density at radius 2 is 1.87 bits per heavy atom. The van der Waals surface area contributed by atoms with Crippen LogP contribution in [0.25, 0.3) is 0 Å². The van der Waals surface area contributed by atoms with Gasteiger partial charge in [-0.1, -0.05) is 12.1 Å². The van der Waals surface area contributed by atoms with E-state index in [1.54, 1.807) is 4.90 Å². The summed E-state index contributed by atoms with van der Waals surface area (Å²) in [5.41, 5.74) is 1.82. The van der Waals surface area contributed by atoms with Gasteiger partial charge < -0.3 is 19.6 Å². The molecule has 0 bridgehead atoms. The monoisotopic (exact) mass is 318 g/mol. The quantitative estimate of drug-likeness (QED) is 0.911. The van der Waals surface area contributed by atoms with E-state index >= 15 is 0 Å². The van der Waals surface area contributed by atoms with E-state index in [4.69, 9.17) is 4.74 Å². The highest BCUT2D eigenvalue weighted by molar-refractivity contribution is 5.70. The minimum absolute atomic E-state index is 0.114. The highest BCUT2D eigenvalue weighted by Gasteiger charge is 2.36. The number of rotatable bonds is 2. The maximum Gasteiger partial charge on any atom is 0.410 e. The summed E-state index contributed by atoms with van der Waals surface area (Å²) in [7, 11) is 0. The summed E-state index contributed by atoms with van der Waals surface area (Å²) in [4.78, 5) is 16.2. The Kier molecular flexibility index (Phi) is 4.23. The number of ether oxygens (including phenoxy) is 1. The molecule has 2 aliphatic heterocycles. The minimum atomic E-state index is -0.461. The molecule has 1 amide bonds. The van der Waals surface area contributed by atoms with Crippen molar-refractivity contribution in [1.29, 1.82) is 0 Å². The largest absolute Gasteiger partial charge is 0.444 e. The van der Waals surface area contributed by atoms with E-state index in [9.17, 15) is 9.90 Å². The Hall–Kier alpha value is -1.75. The number of β-amino-alcohol motifs (C(OH)–C–C–N with tert-alkyl or cyclic N) is 1. The number of likely N-dealkylation sites (tertiary alicyclic amines) is 1. The van der Waals surface area contributed by atoms with E-state index in [1.165, 1.54) is 0 Å². The van der Waals surface area contributed by atoms with Crippen LogP contribution in [0.15, 0.2) is 24.3 Å². The van der Waals surface area contributed by atoms with Crippen molar-refractivity contribution in [1.82, 2.24) is 4.90 Å². The topological polar surface area (TPSA) is 53.0 Å². The number of nitrogens with zero attached hydrogens (tertiary/aromatic N) is 2. The lowest BCUT2D eigenvalue weighted by molar-refractivity contribution is -0.00574. The molecule has 0 radical (unpaired) electrons. The Morgan fingerprint density at radius 3 is 2.35 bits per heavy atom. The second-order valence-corrected chi connectivity index (χ2v) is 7.46. The number of anilines is 1. The molecule has 5 heteroatoms. The summed E-state index contributed by atoms with van der Waals surface area (Å²) >= 11 is 0. The molecule has 23 heavy (non-hydrogen) atoms. The normalized spacial score (nSPS) is 24.5. The first-order valence-electron chi connectivity index (χ1n) is 8.36. The lowest BCUT2D eigenvalue weighted by Crippen LogP contribution is -2.47. The average Bonchev–Trinajstić information content (AvgIpc) is 2.83. The highest BCUT2D eigenvalue weighted by atomic mass is 16.6. The zero-order chi connectivity index (χ0) is 16.6. The van der Waals surface area contributed by atoms with E-state index in [1.807, 2.05) is 20.8 Å². The third kappa shape index (κ3) is 3.61. The molecule has 0 spiro atoms. The number of hydrogen-bond acceptors (Lipinski definition) is 4. The molecule has 1 aromatic rings. The summed E-state index contributed by atoms with van der Waals surface area (Å²) in [5, 5.41) is 9.64. The SMILES string of the molecule is CC(C)(C)OC(=O)N1CCC1c1ccc(N2CCC(O)C2)cc1. The zero-order valence-electron chi connectivity index (χ0n) is 14.2. The van der Waals surface area contributed by atoms with Crippen LogP contribution in [0.4, 0.5) is 10.5 Å². The van der Waals surface area contributed by atoms with Gasteiger partial charge in [0.05, 0.1) is 12.1 Å². The van der Waals surface area contributed by atoms with E-state index in [0.29, 0.717) is 6.54 Å². The number of carbonyl (C=O) groups excluding carboxylic acids is 1. The second-order valence-electron chi connectivity index (χ2n) is 7.46. The van der Waals surface area contributed by atoms with Crippen molar-refractivity contribution in [3.8, 4) is 0 Å². The van der Waals surface area contributed by atoms with Gasteiger partial charge in [-0.2, -0.15) is 0 Å². The molecule has 126 valence electrons. The van der Waals surface area contributed by atoms with Gasteiger partial charge in [0.2, 0.25) is 0 Å². The van der Waals surface area contributed by atoms with E-state index < -0.39 is 5.60 Å². The van der Waals surface area contributed by atoms with Crippen LogP contribution in [0, 0.1) is 0 Å². The van der Waals surface area contributed by atoms with Crippen molar-refractivity contribution < 1.29 is 14.6 Å². The lowest BCUT2D eigenvalue weighted by Gasteiger charge is -2.41. The van der Waals surface area contributed by atoms with Crippen LogP contribution < -0.4 is 4.90 Å². The van der Waals surface area contributed by atoms with Crippen LogP contribution in [-0.2, 0) is 4.74 Å². The lowest BCUT2D eigenvalue weighted by atomic mass is 9.95. The third-order valence-corrected chi connectivity index (χ3v) is 4.45. The summed E-state index contributed by atoms with van der Waals surface area (Å²) in [6.07, 6.45) is 1.35. The molecular weight excluding hydrogens is 292 g/mol. The number of amides is 1. The molecule has 2 atom stereocenters. The first-order valence-corrected chi connectivity index (χ1v) is 8.36. The van der Waals surface area contributed by atoms with Gasteiger partial charge in [-0.05, 0) is 51.3 Å². The van der Waals surface area contributed by atoms with E-state index in [-0.39, 0.29) is 18.2 Å². The maximum absolute atomic E-state index is 12.2. The van der Waals surface area contributed by atoms with Gasteiger partial charge in [-0.3, -0.25) is 0 Å². The zero-order valence-corrected chi connectivity index (χ0v) is 14.2. The first kappa shape index (κ1) is 16.1. The third-order valence-electron chi connectivity index (χ3n) is 4.45. The van der Waals surface area contributed by atoms with Gasteiger partial charge in [-0.15, -0.1) is 0 Å². The van der Waals surface area contributed by atoms with Crippen molar-refractivity contribution >= 4 is 11.8 Å². The number of hydrogen-bond donors (Lipinski definition) is 1. The molecule has 0 aliphatic carbocycles. The Bertz CT molecular complexity index is 565. The molecule has 2 fully saturated rings. The fourth-order valence-electron chi connectivity index (χ4n) is 3.16. The first-order chi connectivity index (χ1) is 10.8. The van der Waals surface area contributed by atoms with Crippen molar-refractivity contribution in [2.24, 2.45) is 0 Å². The Morgan fingerprint density at radius 1 is 1.17 bits per heavy atom. The Balaban J connectivity index is 1.64. The predicted molar refractivity (Wildman–Crippen MR) is 89.6 cm³/mol. The smallest absolute Gasteiger partial charge is 0.410 e. The molecule has 2 unspecified atom stereocenters. The van der Waals surface area contributed by atoms with Crippen LogP contribution in [0.3, 0.4) is 0 Å². The minimum Gasteiger partial charge on any atom is -0.444 e. The van der Waals surface area contributed by atoms with Crippen LogP contribution >= 0.6 is 0 Å². The van der Waals surface area contributed by atoms with Gasteiger partial charge in [0.1, 0.15) is 5.60 Å². The number of carbonyl (C=O) groups is 1. The fourth-order valence-corrected chi connectivity index (χ4v) is 3.16. The second kappa shape index (κ2) is 6.04. The molecule has 1 aromatic carbocycles. The van der Waals surface area contributed by atoms with Crippen molar-refractivity contribution in [2.45, 2.75) is 51.4 Å². The molecular formula is C18H26N2O3. The predicted octanol–water partition coefficient (Wildman–Crippen LogP) is 2.94. The van der Waals surface area contributed by atoms with E-state index in [2.05, 4.69) is 29.2 Å². The summed E-state index contributed by atoms with van der Waals surface area (Å²) < 4.78 is 5.46. The van der Waals surface area contributed by atoms with E-state index in [0.717, 1.165) is 37.2 Å². The van der Waals surface area contributed by atoms with Crippen molar-refractivity contribution in [3.63, 3.8) is 0 Å². The fraction of sp³-hybridized carbons (Fsp3) is 0.611. The average molecular weight is 318 g/mol. The maximum atomic E-state index is 12.2. The molecule has 0 aromatic heterocycles. The van der Waals surface area contributed by atoms with Crippen LogP contribution in [-0.4, -0.2) is 47.4 Å². The molecule has 1 N–H and O–H groups in total.